The molecule has 6 heteroatoms. The number of nitrogens with two attached hydrogens (primary N) is 1. The summed E-state index contributed by atoms with van der Waals surface area (Å²) in [6.07, 6.45) is 0.529. The highest BCUT2D eigenvalue weighted by molar-refractivity contribution is 5.81. The molecule has 5 N–H and O–H groups in total. The molecule has 0 heterocycles. The fourth-order valence-electron chi connectivity index (χ4n) is 0.890. The zero-order valence-corrected chi connectivity index (χ0v) is 8.99. The fourth-order valence-corrected chi connectivity index (χ4v) is 0.890. The first-order valence-corrected chi connectivity index (χ1v) is 4.75. The lowest BCUT2D eigenvalue weighted by molar-refractivity contribution is -0.156. The van der Waals surface area contributed by atoms with Gasteiger partial charge in [0.25, 0.3) is 0 Å². The van der Waals surface area contributed by atoms with Crippen molar-refractivity contribution >= 4 is 11.9 Å². The molecule has 0 aliphatic carbocycles. The van der Waals surface area contributed by atoms with Crippen LogP contribution in [0.5, 0.6) is 0 Å². The van der Waals surface area contributed by atoms with E-state index in [1.165, 1.54) is 0 Å². The van der Waals surface area contributed by atoms with Crippen molar-refractivity contribution < 1.29 is 19.8 Å². The fraction of sp³-hybridized carbons (Fsp3) is 0.778. The maximum atomic E-state index is 11.3. The maximum Gasteiger partial charge on any atom is 0.337 e. The predicted octanol–water partition coefficient (Wildman–Crippen LogP) is -1.08. The molecule has 6 nitrogen and oxygen atoms in total. The smallest absolute Gasteiger partial charge is 0.337 e. The summed E-state index contributed by atoms with van der Waals surface area (Å²) in [5, 5.41) is 20.3. The van der Waals surface area contributed by atoms with Crippen molar-refractivity contribution in [1.29, 1.82) is 0 Å². The van der Waals surface area contributed by atoms with Crippen molar-refractivity contribution in [3.8, 4) is 0 Å². The van der Waals surface area contributed by atoms with Crippen molar-refractivity contribution in [1.82, 2.24) is 5.32 Å². The van der Waals surface area contributed by atoms with Crippen LogP contribution in [0.15, 0.2) is 0 Å². The number of carboxylic acids is 1. The van der Waals surface area contributed by atoms with E-state index in [0.29, 0.717) is 13.0 Å². The lowest BCUT2D eigenvalue weighted by atomic mass is 10.1. The molecule has 0 radical (unpaired) electrons. The predicted molar refractivity (Wildman–Crippen MR) is 54.1 cm³/mol. The first kappa shape index (κ1) is 13.9. The number of aliphatic hydroxyl groups is 1. The molecule has 88 valence electrons. The van der Waals surface area contributed by atoms with E-state index in [2.05, 4.69) is 5.32 Å². The highest BCUT2D eigenvalue weighted by atomic mass is 16.4. The minimum absolute atomic E-state index is 0.278. The van der Waals surface area contributed by atoms with Crippen LogP contribution in [0.1, 0.15) is 20.3 Å². The van der Waals surface area contributed by atoms with Crippen molar-refractivity contribution in [2.24, 2.45) is 11.7 Å². The van der Waals surface area contributed by atoms with E-state index in [4.69, 9.17) is 10.8 Å². The van der Waals surface area contributed by atoms with Gasteiger partial charge in [-0.15, -0.1) is 0 Å². The molecule has 0 fully saturated rings. The van der Waals surface area contributed by atoms with Gasteiger partial charge in [-0.05, 0) is 19.9 Å². The lowest BCUT2D eigenvalue weighted by Gasteiger charge is -2.19. The number of hydrogen-bond donors (Lipinski definition) is 4. The van der Waals surface area contributed by atoms with Gasteiger partial charge in [-0.1, -0.05) is 6.92 Å². The number of nitrogens with one attached hydrogen (secondary N) is 1. The van der Waals surface area contributed by atoms with E-state index in [1.54, 1.807) is 6.92 Å². The van der Waals surface area contributed by atoms with Gasteiger partial charge in [0.1, 0.15) is 0 Å². The second-order valence-electron chi connectivity index (χ2n) is 3.78. The van der Waals surface area contributed by atoms with Crippen LogP contribution in [-0.4, -0.2) is 40.8 Å². The Kier molecular flexibility index (Phi) is 5.24. The Hall–Kier alpha value is -1.14. The van der Waals surface area contributed by atoms with Crippen molar-refractivity contribution in [2.45, 2.75) is 25.9 Å². The summed E-state index contributed by atoms with van der Waals surface area (Å²) >= 11 is 0. The molecule has 1 amide bonds. The van der Waals surface area contributed by atoms with Crippen LogP contribution < -0.4 is 11.1 Å². The van der Waals surface area contributed by atoms with Gasteiger partial charge in [-0.3, -0.25) is 4.79 Å². The number of amides is 1. The summed E-state index contributed by atoms with van der Waals surface area (Å²) in [4.78, 5) is 21.8. The molecule has 0 saturated carbocycles. The van der Waals surface area contributed by atoms with Crippen LogP contribution in [0.2, 0.25) is 0 Å². The average molecular weight is 218 g/mol. The molecule has 15 heavy (non-hydrogen) atoms. The number of hydrogen-bond acceptors (Lipinski definition) is 4. The van der Waals surface area contributed by atoms with E-state index in [-0.39, 0.29) is 18.4 Å². The molecular weight excluding hydrogens is 200 g/mol. The Bertz CT molecular complexity index is 240. The third-order valence-corrected chi connectivity index (χ3v) is 2.11. The van der Waals surface area contributed by atoms with Crippen LogP contribution in [0, 0.1) is 5.92 Å². The summed E-state index contributed by atoms with van der Waals surface area (Å²) < 4.78 is 0. The summed E-state index contributed by atoms with van der Waals surface area (Å²) in [7, 11) is 0. The Morgan fingerprint density at radius 2 is 2.07 bits per heavy atom. The van der Waals surface area contributed by atoms with Gasteiger partial charge in [0.05, 0.1) is 6.54 Å². The van der Waals surface area contributed by atoms with Gasteiger partial charge in [0.2, 0.25) is 5.91 Å². The molecule has 0 aliphatic heterocycles. The highest BCUT2D eigenvalue weighted by Crippen LogP contribution is 2.03. The molecule has 2 atom stereocenters. The second kappa shape index (κ2) is 5.67. The van der Waals surface area contributed by atoms with Crippen LogP contribution in [0.4, 0.5) is 0 Å². The van der Waals surface area contributed by atoms with E-state index < -0.39 is 11.6 Å². The van der Waals surface area contributed by atoms with E-state index in [1.807, 2.05) is 0 Å². The normalized spacial score (nSPS) is 16.5. The molecule has 0 aromatic carbocycles. The monoisotopic (exact) mass is 218 g/mol. The summed E-state index contributed by atoms with van der Waals surface area (Å²) in [5.41, 5.74) is 3.34. The van der Waals surface area contributed by atoms with Crippen molar-refractivity contribution in [3.63, 3.8) is 0 Å². The minimum Gasteiger partial charge on any atom is -0.479 e. The molecule has 0 rings (SSSR count). The molecular formula is C9H18N2O4. The van der Waals surface area contributed by atoms with Crippen LogP contribution in [0.3, 0.4) is 0 Å². The van der Waals surface area contributed by atoms with Gasteiger partial charge in [-0.2, -0.15) is 0 Å². The third-order valence-electron chi connectivity index (χ3n) is 2.11. The molecule has 2 unspecified atom stereocenters. The van der Waals surface area contributed by atoms with E-state index in [9.17, 15) is 14.7 Å². The Morgan fingerprint density at radius 1 is 1.53 bits per heavy atom. The molecule has 0 aromatic heterocycles. The topological polar surface area (TPSA) is 113 Å². The molecule has 0 spiro atoms. The summed E-state index contributed by atoms with van der Waals surface area (Å²) in [6, 6.07) is 0. The van der Waals surface area contributed by atoms with Crippen LogP contribution >= 0.6 is 0 Å². The van der Waals surface area contributed by atoms with Crippen molar-refractivity contribution in [3.05, 3.63) is 0 Å². The second-order valence-corrected chi connectivity index (χ2v) is 3.78. The van der Waals surface area contributed by atoms with Gasteiger partial charge in [0, 0.05) is 5.92 Å². The number of aliphatic carboxylic acids is 1. The zero-order valence-electron chi connectivity index (χ0n) is 8.99. The number of carboxylic acid groups (broad SMARTS) is 1. The van der Waals surface area contributed by atoms with Gasteiger partial charge < -0.3 is 21.3 Å². The Labute approximate surface area is 88.5 Å². The Morgan fingerprint density at radius 3 is 2.47 bits per heavy atom. The average Bonchev–Trinajstić information content (AvgIpc) is 2.14. The lowest BCUT2D eigenvalue weighted by Crippen LogP contribution is -2.47. The number of carbonyl (C=O) groups excluding carboxylic acids is 1. The zero-order chi connectivity index (χ0) is 12.1. The van der Waals surface area contributed by atoms with Gasteiger partial charge in [-0.25, -0.2) is 4.79 Å². The Balaban J connectivity index is 4.05. The van der Waals surface area contributed by atoms with Gasteiger partial charge >= 0.3 is 5.97 Å². The molecule has 0 saturated heterocycles. The number of rotatable bonds is 6. The van der Waals surface area contributed by atoms with Gasteiger partial charge in [0.15, 0.2) is 5.60 Å². The molecule has 0 aromatic rings. The first-order chi connectivity index (χ1) is 6.81. The van der Waals surface area contributed by atoms with E-state index >= 15 is 0 Å². The third kappa shape index (κ3) is 4.75. The molecule has 0 bridgehead atoms. The summed E-state index contributed by atoms with van der Waals surface area (Å²) in [6.45, 7) is 2.90. The SMILES string of the molecule is CC(CCN)C(=O)NCC(C)(O)C(=O)O. The standard InChI is InChI=1S/C9H18N2O4/c1-6(3-4-10)7(12)11-5-9(2,15)8(13)14/h6,15H,3-5,10H2,1-2H3,(H,11,12)(H,13,14). The largest absolute Gasteiger partial charge is 0.479 e. The van der Waals surface area contributed by atoms with Crippen molar-refractivity contribution in [2.75, 3.05) is 13.1 Å². The van der Waals surface area contributed by atoms with Crippen LogP contribution in [-0.2, 0) is 9.59 Å². The highest BCUT2D eigenvalue weighted by Gasteiger charge is 2.30. The minimum atomic E-state index is -1.93. The number of carbonyl (C=O) groups is 2. The first-order valence-electron chi connectivity index (χ1n) is 4.75. The van der Waals surface area contributed by atoms with E-state index in [0.717, 1.165) is 6.92 Å². The maximum absolute atomic E-state index is 11.3. The molecule has 0 aliphatic rings. The summed E-state index contributed by atoms with van der Waals surface area (Å²) in [5.74, 6) is -1.95. The van der Waals surface area contributed by atoms with Crippen LogP contribution in [0.25, 0.3) is 0 Å². The quantitative estimate of drug-likeness (QED) is 0.453.